The molecule has 0 aliphatic heterocycles. The second kappa shape index (κ2) is 7.52. The molecule has 1 aromatic carbocycles. The van der Waals surface area contributed by atoms with Gasteiger partial charge in [0.15, 0.2) is 0 Å². The fourth-order valence-corrected chi connectivity index (χ4v) is 2.18. The first kappa shape index (κ1) is 16.8. The van der Waals surface area contributed by atoms with Gasteiger partial charge in [-0.25, -0.2) is 9.59 Å². The summed E-state index contributed by atoms with van der Waals surface area (Å²) in [6.45, 7) is 3.99. The van der Waals surface area contributed by atoms with Crippen LogP contribution in [0.5, 0.6) is 0 Å². The van der Waals surface area contributed by atoms with Gasteiger partial charge in [-0.05, 0) is 31.5 Å². The van der Waals surface area contributed by atoms with Crippen LogP contribution in [0, 0.1) is 0 Å². The van der Waals surface area contributed by atoms with Gasteiger partial charge < -0.3 is 20.5 Å². The van der Waals surface area contributed by atoms with Crippen molar-refractivity contribution < 1.29 is 19.4 Å². The average Bonchev–Trinajstić information content (AvgIpc) is 2.44. The molecule has 6 nitrogen and oxygen atoms in total. The van der Waals surface area contributed by atoms with E-state index in [0.29, 0.717) is 24.4 Å². The minimum atomic E-state index is -1.08. The van der Waals surface area contributed by atoms with Gasteiger partial charge in [0.1, 0.15) is 6.04 Å². The minimum Gasteiger partial charge on any atom is -0.478 e. The smallest absolute Gasteiger partial charge is 0.337 e. The molecule has 116 valence electrons. The van der Waals surface area contributed by atoms with Crippen molar-refractivity contribution in [1.29, 1.82) is 0 Å². The number of nitrogens with two attached hydrogens (primary N) is 1. The summed E-state index contributed by atoms with van der Waals surface area (Å²) >= 11 is 0. The summed E-state index contributed by atoms with van der Waals surface area (Å²) in [5.74, 6) is -1.43. The fraction of sp³-hybridized carbons (Fsp3) is 0.467. The lowest BCUT2D eigenvalue weighted by molar-refractivity contribution is -0.144. The molecule has 0 saturated heterocycles. The topological polar surface area (TPSA) is 92.9 Å². The summed E-state index contributed by atoms with van der Waals surface area (Å²) < 4.78 is 5.07. The summed E-state index contributed by atoms with van der Waals surface area (Å²) in [5, 5.41) is 9.29. The number of likely N-dealkylation sites (N-methyl/N-ethyl adjacent to an activating group) is 1. The second-order valence-electron chi connectivity index (χ2n) is 4.75. The van der Waals surface area contributed by atoms with Crippen LogP contribution in [0.3, 0.4) is 0 Å². The molecule has 0 spiro atoms. The SMILES string of the molecule is CCCC(C(=O)OCC)N(C)c1ccc(N)cc1C(=O)O. The van der Waals surface area contributed by atoms with Gasteiger partial charge in [-0.15, -0.1) is 0 Å². The summed E-state index contributed by atoms with van der Waals surface area (Å²) in [4.78, 5) is 25.1. The van der Waals surface area contributed by atoms with Crippen molar-refractivity contribution in [3.8, 4) is 0 Å². The molecule has 0 saturated carbocycles. The number of hydrogen-bond acceptors (Lipinski definition) is 5. The lowest BCUT2D eigenvalue weighted by Gasteiger charge is -2.29. The van der Waals surface area contributed by atoms with Crippen molar-refractivity contribution in [3.63, 3.8) is 0 Å². The van der Waals surface area contributed by atoms with E-state index in [1.807, 2.05) is 6.92 Å². The first-order valence-corrected chi connectivity index (χ1v) is 6.94. The van der Waals surface area contributed by atoms with Crippen LogP contribution in [0.1, 0.15) is 37.0 Å². The number of carbonyl (C=O) groups is 2. The maximum absolute atomic E-state index is 12.1. The number of nitrogens with zero attached hydrogens (tertiary/aromatic N) is 1. The highest BCUT2D eigenvalue weighted by Crippen LogP contribution is 2.25. The third-order valence-corrected chi connectivity index (χ3v) is 3.22. The number of nitrogen functional groups attached to an aromatic ring is 1. The molecule has 0 fully saturated rings. The number of carbonyl (C=O) groups excluding carboxylic acids is 1. The van der Waals surface area contributed by atoms with Gasteiger partial charge in [0.25, 0.3) is 0 Å². The molecule has 1 atom stereocenters. The van der Waals surface area contributed by atoms with Crippen LogP contribution in [-0.4, -0.2) is 36.7 Å². The average molecular weight is 294 g/mol. The van der Waals surface area contributed by atoms with Gasteiger partial charge in [-0.3, -0.25) is 0 Å². The Bertz CT molecular complexity index is 516. The van der Waals surface area contributed by atoms with E-state index in [2.05, 4.69) is 0 Å². The Morgan fingerprint density at radius 2 is 2.05 bits per heavy atom. The molecule has 0 radical (unpaired) electrons. The van der Waals surface area contributed by atoms with Crippen LogP contribution in [0.2, 0.25) is 0 Å². The molecule has 21 heavy (non-hydrogen) atoms. The molecular formula is C15H22N2O4. The van der Waals surface area contributed by atoms with Crippen LogP contribution >= 0.6 is 0 Å². The number of esters is 1. The molecule has 0 heterocycles. The number of carboxylic acids is 1. The van der Waals surface area contributed by atoms with Crippen molar-refractivity contribution in [1.82, 2.24) is 0 Å². The van der Waals surface area contributed by atoms with Gasteiger partial charge in [0, 0.05) is 12.7 Å². The number of anilines is 2. The molecule has 6 heteroatoms. The molecule has 0 bridgehead atoms. The molecule has 1 aromatic rings. The van der Waals surface area contributed by atoms with Crippen LogP contribution in [0.4, 0.5) is 11.4 Å². The zero-order valence-electron chi connectivity index (χ0n) is 12.6. The van der Waals surface area contributed by atoms with Crippen molar-refractivity contribution in [2.24, 2.45) is 0 Å². The fourth-order valence-electron chi connectivity index (χ4n) is 2.18. The zero-order chi connectivity index (χ0) is 16.0. The molecule has 3 N–H and O–H groups in total. The van der Waals surface area contributed by atoms with Gasteiger partial charge >= 0.3 is 11.9 Å². The van der Waals surface area contributed by atoms with E-state index in [1.54, 1.807) is 31.0 Å². The highest BCUT2D eigenvalue weighted by atomic mass is 16.5. The highest BCUT2D eigenvalue weighted by molar-refractivity contribution is 5.96. The van der Waals surface area contributed by atoms with E-state index in [1.165, 1.54) is 6.07 Å². The number of rotatable bonds is 7. The van der Waals surface area contributed by atoms with Crippen molar-refractivity contribution in [2.75, 3.05) is 24.3 Å². The zero-order valence-corrected chi connectivity index (χ0v) is 12.6. The quantitative estimate of drug-likeness (QED) is 0.591. The Morgan fingerprint density at radius 3 is 2.57 bits per heavy atom. The molecule has 0 aliphatic carbocycles. The third-order valence-electron chi connectivity index (χ3n) is 3.22. The van der Waals surface area contributed by atoms with E-state index >= 15 is 0 Å². The maximum atomic E-state index is 12.1. The first-order valence-electron chi connectivity index (χ1n) is 6.94. The molecule has 0 aliphatic rings. The molecule has 0 aromatic heterocycles. The molecule has 0 amide bonds. The van der Waals surface area contributed by atoms with Gasteiger partial charge in [0.2, 0.25) is 0 Å². The van der Waals surface area contributed by atoms with Crippen LogP contribution in [0.25, 0.3) is 0 Å². The monoisotopic (exact) mass is 294 g/mol. The van der Waals surface area contributed by atoms with Gasteiger partial charge in [-0.2, -0.15) is 0 Å². The Morgan fingerprint density at radius 1 is 1.38 bits per heavy atom. The summed E-state index contributed by atoms with van der Waals surface area (Å²) in [7, 11) is 1.69. The first-order chi connectivity index (χ1) is 9.92. The number of hydrogen-bond donors (Lipinski definition) is 2. The Hall–Kier alpha value is -2.24. The third kappa shape index (κ3) is 4.11. The van der Waals surface area contributed by atoms with Crippen molar-refractivity contribution in [3.05, 3.63) is 23.8 Å². The maximum Gasteiger partial charge on any atom is 0.337 e. The highest BCUT2D eigenvalue weighted by Gasteiger charge is 2.26. The largest absolute Gasteiger partial charge is 0.478 e. The predicted octanol–water partition coefficient (Wildman–Crippen LogP) is 2.13. The van der Waals surface area contributed by atoms with Gasteiger partial charge in [-0.1, -0.05) is 13.3 Å². The van der Waals surface area contributed by atoms with Crippen molar-refractivity contribution >= 4 is 23.3 Å². The van der Waals surface area contributed by atoms with Crippen LogP contribution < -0.4 is 10.6 Å². The molecule has 1 unspecified atom stereocenters. The van der Waals surface area contributed by atoms with E-state index in [9.17, 15) is 14.7 Å². The van der Waals surface area contributed by atoms with Crippen LogP contribution in [-0.2, 0) is 9.53 Å². The van der Waals surface area contributed by atoms with E-state index in [0.717, 1.165) is 6.42 Å². The number of benzene rings is 1. The summed E-state index contributed by atoms with van der Waals surface area (Å²) in [6, 6.07) is 4.10. The molecule has 1 rings (SSSR count). The second-order valence-corrected chi connectivity index (χ2v) is 4.75. The Balaban J connectivity index is 3.17. The van der Waals surface area contributed by atoms with Gasteiger partial charge in [0.05, 0.1) is 17.9 Å². The minimum absolute atomic E-state index is 0.0721. The van der Waals surface area contributed by atoms with Crippen molar-refractivity contribution in [2.45, 2.75) is 32.7 Å². The lowest BCUT2D eigenvalue weighted by Crippen LogP contribution is -2.40. The number of carboxylic acid groups (broad SMARTS) is 1. The Labute approximate surface area is 124 Å². The predicted molar refractivity (Wildman–Crippen MR) is 81.5 cm³/mol. The molecular weight excluding hydrogens is 272 g/mol. The summed E-state index contributed by atoms with van der Waals surface area (Å²) in [5.41, 5.74) is 6.52. The van der Waals surface area contributed by atoms with E-state index in [4.69, 9.17) is 10.5 Å². The normalized spacial score (nSPS) is 11.8. The lowest BCUT2D eigenvalue weighted by atomic mass is 10.1. The van der Waals surface area contributed by atoms with E-state index in [-0.39, 0.29) is 11.5 Å². The summed E-state index contributed by atoms with van der Waals surface area (Å²) in [6.07, 6.45) is 1.37. The van der Waals surface area contributed by atoms with Crippen LogP contribution in [0.15, 0.2) is 18.2 Å². The Kier molecular flexibility index (Phi) is 6.02. The number of ether oxygens (including phenoxy) is 1. The number of aromatic carboxylic acids is 1. The van der Waals surface area contributed by atoms with E-state index < -0.39 is 12.0 Å². The standard InChI is InChI=1S/C15H22N2O4/c1-4-6-13(15(20)21-5-2)17(3)12-8-7-10(16)9-11(12)14(18)19/h7-9,13H,4-6,16H2,1-3H3,(H,18,19).